The molecule has 0 bridgehead atoms. The first kappa shape index (κ1) is 20.0. The van der Waals surface area contributed by atoms with E-state index >= 15 is 0 Å². The SMILES string of the molecule is COc1cc(CCC(=O)N[C@@H](C#N)c2ccc(F)cc2)cc(OC)c1OC. The lowest BCUT2D eigenvalue weighted by Gasteiger charge is -2.15. The molecule has 142 valence electrons. The maximum Gasteiger partial charge on any atom is 0.221 e. The number of hydrogen-bond acceptors (Lipinski definition) is 5. The molecule has 1 atom stereocenters. The molecule has 0 aliphatic rings. The number of methoxy groups -OCH3 is 3. The van der Waals surface area contributed by atoms with E-state index in [9.17, 15) is 14.4 Å². The van der Waals surface area contributed by atoms with Crippen molar-refractivity contribution in [1.29, 1.82) is 5.26 Å². The number of nitrogens with zero attached hydrogens (tertiary/aromatic N) is 1. The lowest BCUT2D eigenvalue weighted by molar-refractivity contribution is -0.121. The van der Waals surface area contributed by atoms with Gasteiger partial charge in [-0.1, -0.05) is 12.1 Å². The number of aryl methyl sites for hydroxylation is 1. The fourth-order valence-electron chi connectivity index (χ4n) is 2.62. The number of benzene rings is 2. The molecule has 2 rings (SSSR count). The molecular weight excluding hydrogens is 351 g/mol. The van der Waals surface area contributed by atoms with Gasteiger partial charge in [-0.05, 0) is 41.8 Å². The van der Waals surface area contributed by atoms with Crippen molar-refractivity contribution in [1.82, 2.24) is 5.32 Å². The minimum Gasteiger partial charge on any atom is -0.493 e. The largest absolute Gasteiger partial charge is 0.493 e. The Bertz CT molecular complexity index is 806. The van der Waals surface area contributed by atoms with Crippen molar-refractivity contribution in [3.8, 4) is 23.3 Å². The van der Waals surface area contributed by atoms with Crippen LogP contribution in [0.15, 0.2) is 36.4 Å². The zero-order chi connectivity index (χ0) is 19.8. The van der Waals surface area contributed by atoms with Gasteiger partial charge in [0.05, 0.1) is 27.4 Å². The molecule has 2 aromatic rings. The Labute approximate surface area is 157 Å². The molecule has 1 N–H and O–H groups in total. The van der Waals surface area contributed by atoms with Crippen LogP contribution in [-0.2, 0) is 11.2 Å². The molecule has 0 fully saturated rings. The fourth-order valence-corrected chi connectivity index (χ4v) is 2.62. The summed E-state index contributed by atoms with van der Waals surface area (Å²) >= 11 is 0. The summed E-state index contributed by atoms with van der Waals surface area (Å²) in [4.78, 5) is 12.2. The molecule has 1 amide bonds. The number of amides is 1. The van der Waals surface area contributed by atoms with E-state index in [1.165, 1.54) is 45.6 Å². The Morgan fingerprint density at radius 3 is 2.19 bits per heavy atom. The van der Waals surface area contributed by atoms with Crippen molar-refractivity contribution < 1.29 is 23.4 Å². The summed E-state index contributed by atoms with van der Waals surface area (Å²) in [7, 11) is 4.56. The van der Waals surface area contributed by atoms with Gasteiger partial charge in [0.2, 0.25) is 11.7 Å². The molecule has 27 heavy (non-hydrogen) atoms. The van der Waals surface area contributed by atoms with E-state index in [0.29, 0.717) is 29.2 Å². The van der Waals surface area contributed by atoms with E-state index in [4.69, 9.17) is 14.2 Å². The van der Waals surface area contributed by atoms with E-state index in [0.717, 1.165) is 5.56 Å². The molecule has 0 heterocycles. The molecule has 2 aromatic carbocycles. The molecule has 7 heteroatoms. The summed E-state index contributed by atoms with van der Waals surface area (Å²) in [6, 6.07) is 10.2. The molecule has 0 radical (unpaired) electrons. The minimum absolute atomic E-state index is 0.165. The second kappa shape index (κ2) is 9.43. The first-order valence-electron chi connectivity index (χ1n) is 8.25. The first-order valence-corrected chi connectivity index (χ1v) is 8.25. The summed E-state index contributed by atoms with van der Waals surface area (Å²) in [5.41, 5.74) is 1.36. The normalized spacial score (nSPS) is 11.2. The quantitative estimate of drug-likeness (QED) is 0.770. The average molecular weight is 372 g/mol. The lowest BCUT2D eigenvalue weighted by atomic mass is 10.1. The molecule has 0 unspecified atom stereocenters. The number of nitrogens with one attached hydrogen (secondary N) is 1. The third-order valence-electron chi connectivity index (χ3n) is 4.00. The minimum atomic E-state index is -0.835. The molecule has 0 aliphatic heterocycles. The number of nitriles is 1. The van der Waals surface area contributed by atoms with Crippen molar-refractivity contribution in [2.24, 2.45) is 0 Å². The van der Waals surface area contributed by atoms with Crippen molar-refractivity contribution in [2.45, 2.75) is 18.9 Å². The van der Waals surface area contributed by atoms with Crippen LogP contribution in [0, 0.1) is 17.1 Å². The third-order valence-corrected chi connectivity index (χ3v) is 4.00. The van der Waals surface area contributed by atoms with Gasteiger partial charge in [0.1, 0.15) is 11.9 Å². The Morgan fingerprint density at radius 1 is 1.11 bits per heavy atom. The predicted molar refractivity (Wildman–Crippen MR) is 97.3 cm³/mol. The van der Waals surface area contributed by atoms with E-state index in [2.05, 4.69) is 5.32 Å². The van der Waals surface area contributed by atoms with E-state index in [1.54, 1.807) is 12.1 Å². The topological polar surface area (TPSA) is 80.6 Å². The van der Waals surface area contributed by atoms with E-state index < -0.39 is 11.9 Å². The van der Waals surface area contributed by atoms with Crippen LogP contribution in [0.1, 0.15) is 23.6 Å². The zero-order valence-electron chi connectivity index (χ0n) is 15.4. The number of hydrogen-bond donors (Lipinski definition) is 1. The van der Waals surface area contributed by atoms with Gasteiger partial charge in [0, 0.05) is 6.42 Å². The first-order chi connectivity index (χ1) is 13.0. The average Bonchev–Trinajstić information content (AvgIpc) is 2.70. The van der Waals surface area contributed by atoms with Gasteiger partial charge < -0.3 is 19.5 Å². The maximum absolute atomic E-state index is 13.0. The van der Waals surface area contributed by atoms with Crippen molar-refractivity contribution in [3.63, 3.8) is 0 Å². The lowest BCUT2D eigenvalue weighted by Crippen LogP contribution is -2.27. The molecule has 0 aliphatic carbocycles. The van der Waals surface area contributed by atoms with Gasteiger partial charge >= 0.3 is 0 Å². The summed E-state index contributed by atoms with van der Waals surface area (Å²) in [5, 5.41) is 11.9. The molecule has 6 nitrogen and oxygen atoms in total. The van der Waals surface area contributed by atoms with Crippen LogP contribution in [-0.4, -0.2) is 27.2 Å². The summed E-state index contributed by atoms with van der Waals surface area (Å²) in [5.74, 6) is 0.805. The second-order valence-electron chi connectivity index (χ2n) is 5.71. The Kier molecular flexibility index (Phi) is 7.00. The highest BCUT2D eigenvalue weighted by Crippen LogP contribution is 2.38. The van der Waals surface area contributed by atoms with Crippen LogP contribution in [0.25, 0.3) is 0 Å². The van der Waals surface area contributed by atoms with Crippen LogP contribution in [0.2, 0.25) is 0 Å². The van der Waals surface area contributed by atoms with Gasteiger partial charge in [0.15, 0.2) is 11.5 Å². The Hall–Kier alpha value is -3.27. The number of rotatable bonds is 8. The van der Waals surface area contributed by atoms with Crippen molar-refractivity contribution in [3.05, 3.63) is 53.3 Å². The van der Waals surface area contributed by atoms with Crippen LogP contribution >= 0.6 is 0 Å². The van der Waals surface area contributed by atoms with Gasteiger partial charge in [-0.2, -0.15) is 5.26 Å². The molecule has 0 saturated heterocycles. The maximum atomic E-state index is 13.0. The van der Waals surface area contributed by atoms with Gasteiger partial charge in [0.25, 0.3) is 0 Å². The molecule has 0 saturated carbocycles. The van der Waals surface area contributed by atoms with Crippen molar-refractivity contribution in [2.75, 3.05) is 21.3 Å². The van der Waals surface area contributed by atoms with Crippen LogP contribution < -0.4 is 19.5 Å². The number of ether oxygens (including phenoxy) is 3. The number of carbonyl (C=O) groups is 1. The second-order valence-corrected chi connectivity index (χ2v) is 5.71. The summed E-state index contributed by atoms with van der Waals surface area (Å²) < 4.78 is 28.9. The molecule has 0 spiro atoms. The summed E-state index contributed by atoms with van der Waals surface area (Å²) in [6.07, 6.45) is 0.585. The fraction of sp³-hybridized carbons (Fsp3) is 0.300. The third kappa shape index (κ3) is 5.11. The van der Waals surface area contributed by atoms with Crippen LogP contribution in [0.5, 0.6) is 17.2 Å². The van der Waals surface area contributed by atoms with E-state index in [1.807, 2.05) is 6.07 Å². The van der Waals surface area contributed by atoms with Gasteiger partial charge in [-0.25, -0.2) is 4.39 Å². The molecule has 0 aromatic heterocycles. The zero-order valence-corrected chi connectivity index (χ0v) is 15.4. The van der Waals surface area contributed by atoms with E-state index in [-0.39, 0.29) is 12.3 Å². The predicted octanol–water partition coefficient (Wildman–Crippen LogP) is 3.17. The van der Waals surface area contributed by atoms with Crippen molar-refractivity contribution >= 4 is 5.91 Å². The monoisotopic (exact) mass is 372 g/mol. The van der Waals surface area contributed by atoms with Gasteiger partial charge in [-0.3, -0.25) is 4.79 Å². The van der Waals surface area contributed by atoms with Crippen LogP contribution in [0.3, 0.4) is 0 Å². The van der Waals surface area contributed by atoms with Crippen LogP contribution in [0.4, 0.5) is 4.39 Å². The highest BCUT2D eigenvalue weighted by molar-refractivity contribution is 5.77. The Morgan fingerprint density at radius 2 is 1.70 bits per heavy atom. The summed E-state index contributed by atoms with van der Waals surface area (Å²) in [6.45, 7) is 0. The number of halogens is 1. The highest BCUT2D eigenvalue weighted by atomic mass is 19.1. The smallest absolute Gasteiger partial charge is 0.221 e. The Balaban J connectivity index is 2.04. The molecular formula is C20H21FN2O4. The highest BCUT2D eigenvalue weighted by Gasteiger charge is 2.16. The van der Waals surface area contributed by atoms with Gasteiger partial charge in [-0.15, -0.1) is 0 Å². The standard InChI is InChI=1S/C20H21FN2O4/c1-25-17-10-13(11-18(26-2)20(17)27-3)4-9-19(24)23-16(12-22)14-5-7-15(21)8-6-14/h5-8,10-11,16H,4,9H2,1-3H3,(H,23,24)/t16-/m0/s1. The number of carbonyl (C=O) groups excluding carboxylic acids is 1.